The first-order chi connectivity index (χ1) is 6.79. The maximum absolute atomic E-state index is 13.3. The minimum atomic E-state index is -0.330. The van der Waals surface area contributed by atoms with Crippen LogP contribution < -0.4 is 5.01 Å². The first-order valence-electron chi connectivity index (χ1n) is 4.25. The topological polar surface area (TPSA) is 21.1 Å². The molecule has 0 amide bonds. The highest BCUT2D eigenvalue weighted by molar-refractivity contribution is 5.44. The molecular formula is C10H10FN3. The molecule has 14 heavy (non-hydrogen) atoms. The van der Waals surface area contributed by atoms with Crippen LogP contribution in [-0.2, 0) is 0 Å². The van der Waals surface area contributed by atoms with Crippen molar-refractivity contribution in [3.63, 3.8) is 0 Å². The second-order valence-corrected chi connectivity index (χ2v) is 2.91. The Morgan fingerprint density at radius 3 is 2.71 bits per heavy atom. The highest BCUT2D eigenvalue weighted by atomic mass is 19.1. The van der Waals surface area contributed by atoms with Gasteiger partial charge in [0.25, 0.3) is 0 Å². The largest absolute Gasteiger partial charge is 0.282 e. The molecule has 3 nitrogen and oxygen atoms in total. The van der Waals surface area contributed by atoms with Crippen molar-refractivity contribution in [2.45, 2.75) is 0 Å². The molecule has 0 atom stereocenters. The second-order valence-electron chi connectivity index (χ2n) is 2.91. The average molecular weight is 191 g/mol. The lowest BCUT2D eigenvalue weighted by molar-refractivity contribution is 0.608. The van der Waals surface area contributed by atoms with Crippen LogP contribution in [0.3, 0.4) is 0 Å². The standard InChI is InChI=1S/C10H10FN3/c1-13(14-6-2-3-7-14)10-4-5-12-8-9(10)11/h2-8H,1H3. The third-order valence-corrected chi connectivity index (χ3v) is 2.03. The van der Waals surface area contributed by atoms with Gasteiger partial charge < -0.3 is 0 Å². The van der Waals surface area contributed by atoms with E-state index in [1.54, 1.807) is 29.0 Å². The van der Waals surface area contributed by atoms with E-state index in [2.05, 4.69) is 4.98 Å². The van der Waals surface area contributed by atoms with Gasteiger partial charge in [0.1, 0.15) is 0 Å². The van der Waals surface area contributed by atoms with Crippen LogP contribution in [0.1, 0.15) is 0 Å². The zero-order chi connectivity index (χ0) is 9.97. The number of nitrogens with zero attached hydrogens (tertiary/aromatic N) is 3. The molecule has 0 saturated carbocycles. The van der Waals surface area contributed by atoms with E-state index in [1.165, 1.54) is 6.20 Å². The smallest absolute Gasteiger partial charge is 0.166 e. The van der Waals surface area contributed by atoms with Crippen LogP contribution >= 0.6 is 0 Å². The van der Waals surface area contributed by atoms with E-state index in [9.17, 15) is 4.39 Å². The molecule has 0 saturated heterocycles. The molecule has 0 unspecified atom stereocenters. The first kappa shape index (κ1) is 8.74. The van der Waals surface area contributed by atoms with Gasteiger partial charge in [0.15, 0.2) is 5.82 Å². The number of rotatable bonds is 2. The molecule has 0 radical (unpaired) electrons. The monoisotopic (exact) mass is 191 g/mol. The summed E-state index contributed by atoms with van der Waals surface area (Å²) in [6.45, 7) is 0. The third-order valence-electron chi connectivity index (χ3n) is 2.03. The van der Waals surface area contributed by atoms with E-state index in [1.807, 2.05) is 24.5 Å². The van der Waals surface area contributed by atoms with Crippen molar-refractivity contribution < 1.29 is 4.39 Å². The van der Waals surface area contributed by atoms with Gasteiger partial charge >= 0.3 is 0 Å². The Morgan fingerprint density at radius 1 is 1.36 bits per heavy atom. The van der Waals surface area contributed by atoms with Gasteiger partial charge in [-0.15, -0.1) is 0 Å². The van der Waals surface area contributed by atoms with Crippen LogP contribution in [0.4, 0.5) is 10.1 Å². The van der Waals surface area contributed by atoms with Crippen LogP contribution in [0.25, 0.3) is 0 Å². The summed E-state index contributed by atoms with van der Waals surface area (Å²) in [5.74, 6) is -0.330. The van der Waals surface area contributed by atoms with Gasteiger partial charge in [-0.25, -0.2) is 4.39 Å². The van der Waals surface area contributed by atoms with Crippen molar-refractivity contribution in [2.75, 3.05) is 12.1 Å². The Hall–Kier alpha value is -1.84. The summed E-state index contributed by atoms with van der Waals surface area (Å²) in [5, 5.41) is 1.71. The lowest BCUT2D eigenvalue weighted by Gasteiger charge is -2.20. The third kappa shape index (κ3) is 1.46. The van der Waals surface area contributed by atoms with Crippen LogP contribution in [0.2, 0.25) is 0 Å². The maximum atomic E-state index is 13.3. The summed E-state index contributed by atoms with van der Waals surface area (Å²) < 4.78 is 15.1. The molecule has 0 spiro atoms. The molecule has 2 heterocycles. The fourth-order valence-electron chi connectivity index (χ4n) is 1.28. The summed E-state index contributed by atoms with van der Waals surface area (Å²) in [6.07, 6.45) is 6.47. The Morgan fingerprint density at radius 2 is 2.07 bits per heavy atom. The predicted octanol–water partition coefficient (Wildman–Crippen LogP) is 1.92. The van der Waals surface area contributed by atoms with Crippen molar-refractivity contribution in [1.82, 2.24) is 9.66 Å². The first-order valence-corrected chi connectivity index (χ1v) is 4.25. The summed E-state index contributed by atoms with van der Waals surface area (Å²) in [4.78, 5) is 3.70. The number of anilines is 1. The van der Waals surface area contributed by atoms with Crippen molar-refractivity contribution in [3.8, 4) is 0 Å². The van der Waals surface area contributed by atoms with Crippen LogP contribution in [0, 0.1) is 5.82 Å². The minimum Gasteiger partial charge on any atom is -0.282 e. The fraction of sp³-hybridized carbons (Fsp3) is 0.100. The van der Waals surface area contributed by atoms with Crippen LogP contribution in [-0.4, -0.2) is 16.7 Å². The molecule has 0 N–H and O–H groups in total. The summed E-state index contributed by atoms with van der Waals surface area (Å²) >= 11 is 0. The Balaban J connectivity index is 2.37. The fourth-order valence-corrected chi connectivity index (χ4v) is 1.28. The van der Waals surface area contributed by atoms with E-state index >= 15 is 0 Å². The van der Waals surface area contributed by atoms with Crippen molar-refractivity contribution >= 4 is 5.69 Å². The Labute approximate surface area is 81.4 Å². The molecule has 2 rings (SSSR count). The van der Waals surface area contributed by atoms with Crippen LogP contribution in [0.15, 0.2) is 43.0 Å². The Kier molecular flexibility index (Phi) is 2.18. The van der Waals surface area contributed by atoms with E-state index in [-0.39, 0.29) is 5.82 Å². The molecule has 0 fully saturated rings. The molecule has 0 bridgehead atoms. The molecule has 4 heteroatoms. The molecule has 2 aromatic rings. The number of aromatic nitrogens is 2. The molecular weight excluding hydrogens is 181 g/mol. The minimum absolute atomic E-state index is 0.330. The number of halogens is 1. The number of hydrogen-bond acceptors (Lipinski definition) is 2. The molecule has 0 aliphatic rings. The van der Waals surface area contributed by atoms with Gasteiger partial charge in [0, 0.05) is 25.6 Å². The van der Waals surface area contributed by atoms with Crippen LogP contribution in [0.5, 0.6) is 0 Å². The lowest BCUT2D eigenvalue weighted by Crippen LogP contribution is -2.23. The molecule has 0 aromatic carbocycles. The van der Waals surface area contributed by atoms with E-state index < -0.39 is 0 Å². The molecule has 0 aliphatic carbocycles. The van der Waals surface area contributed by atoms with Gasteiger partial charge in [0.2, 0.25) is 0 Å². The maximum Gasteiger partial charge on any atom is 0.166 e. The quantitative estimate of drug-likeness (QED) is 0.723. The van der Waals surface area contributed by atoms with Crippen molar-refractivity contribution in [2.24, 2.45) is 0 Å². The molecule has 72 valence electrons. The normalized spacial score (nSPS) is 10.1. The number of pyridine rings is 1. The SMILES string of the molecule is CN(c1ccncc1F)n1cccc1. The predicted molar refractivity (Wildman–Crippen MR) is 52.4 cm³/mol. The van der Waals surface area contributed by atoms with E-state index in [0.717, 1.165) is 0 Å². The summed E-state index contributed by atoms with van der Waals surface area (Å²) in [5.41, 5.74) is 0.496. The average Bonchev–Trinajstić information content (AvgIpc) is 2.70. The second kappa shape index (κ2) is 3.49. The van der Waals surface area contributed by atoms with Gasteiger partial charge in [-0.05, 0) is 18.2 Å². The molecule has 2 aromatic heterocycles. The van der Waals surface area contributed by atoms with Crippen molar-refractivity contribution in [3.05, 3.63) is 48.8 Å². The van der Waals surface area contributed by atoms with Gasteiger partial charge in [-0.2, -0.15) is 0 Å². The lowest BCUT2D eigenvalue weighted by atomic mass is 10.4. The number of hydrogen-bond donors (Lipinski definition) is 0. The van der Waals surface area contributed by atoms with E-state index in [0.29, 0.717) is 5.69 Å². The zero-order valence-electron chi connectivity index (χ0n) is 7.76. The Bertz CT molecular complexity index is 411. The zero-order valence-corrected chi connectivity index (χ0v) is 7.76. The summed E-state index contributed by atoms with van der Waals surface area (Å²) in [7, 11) is 1.79. The van der Waals surface area contributed by atoms with Gasteiger partial charge in [-0.1, -0.05) is 0 Å². The van der Waals surface area contributed by atoms with E-state index in [4.69, 9.17) is 0 Å². The van der Waals surface area contributed by atoms with Crippen molar-refractivity contribution in [1.29, 1.82) is 0 Å². The highest BCUT2D eigenvalue weighted by Crippen LogP contribution is 2.16. The van der Waals surface area contributed by atoms with Gasteiger partial charge in [0.05, 0.1) is 11.9 Å². The van der Waals surface area contributed by atoms with Gasteiger partial charge in [-0.3, -0.25) is 14.7 Å². The summed E-state index contributed by atoms with van der Waals surface area (Å²) in [6, 6.07) is 5.40. The highest BCUT2D eigenvalue weighted by Gasteiger charge is 2.06. The molecule has 0 aliphatic heterocycles.